The van der Waals surface area contributed by atoms with Gasteiger partial charge in [0.2, 0.25) is 11.8 Å². The van der Waals surface area contributed by atoms with Crippen LogP contribution in [-0.2, 0) is 14.3 Å². The van der Waals surface area contributed by atoms with E-state index in [9.17, 15) is 19.5 Å². The van der Waals surface area contributed by atoms with Crippen LogP contribution in [0.1, 0.15) is 97.7 Å². The fourth-order valence-electron chi connectivity index (χ4n) is 3.91. The smallest absolute Gasteiger partial charge is 0.408 e. The van der Waals surface area contributed by atoms with Crippen molar-refractivity contribution in [2.75, 3.05) is 13.1 Å². The molecule has 1 aromatic rings. The number of carbonyl (C=O) groups is 3. The van der Waals surface area contributed by atoms with Gasteiger partial charge in [-0.3, -0.25) is 9.59 Å². The molecule has 0 radical (unpaired) electrons. The quantitative estimate of drug-likeness (QED) is 0.318. The first-order chi connectivity index (χ1) is 16.9. The first-order valence-electron chi connectivity index (χ1n) is 13.2. The van der Waals surface area contributed by atoms with Crippen LogP contribution in [0.15, 0.2) is 18.2 Å². The topological polar surface area (TPSA) is 108 Å². The summed E-state index contributed by atoms with van der Waals surface area (Å²) in [5, 5.41) is 15.8. The van der Waals surface area contributed by atoms with Gasteiger partial charge in [0, 0.05) is 13.1 Å². The van der Waals surface area contributed by atoms with Crippen molar-refractivity contribution in [1.82, 2.24) is 15.5 Å². The molecule has 3 unspecified atom stereocenters. The standard InChI is InChI=1S/C28H47N3O5/c1-9-12-13-16-29-25(33)24(21-14-15-22(32)20(5)18-21)31(17-10-2)26(34)23(19(4)11-3)30-27(35)36-28(6,7)8/h14-15,18-19,23-24,32H,9-13,16-17H2,1-8H3,(H,29,33)(H,30,35). The number of phenolic OH excluding ortho intramolecular Hbond substituents is 1. The average Bonchev–Trinajstić information content (AvgIpc) is 2.80. The van der Waals surface area contributed by atoms with Gasteiger partial charge in [0.25, 0.3) is 0 Å². The third-order valence-corrected chi connectivity index (χ3v) is 6.08. The largest absolute Gasteiger partial charge is 0.508 e. The molecule has 0 fully saturated rings. The second-order valence-electron chi connectivity index (χ2n) is 10.5. The zero-order valence-electron chi connectivity index (χ0n) is 23.4. The molecule has 0 aliphatic carbocycles. The van der Waals surface area contributed by atoms with Crippen LogP contribution in [0.5, 0.6) is 5.75 Å². The van der Waals surface area contributed by atoms with Crippen LogP contribution in [-0.4, -0.2) is 52.6 Å². The second-order valence-corrected chi connectivity index (χ2v) is 10.5. The highest BCUT2D eigenvalue weighted by atomic mass is 16.6. The molecule has 8 heteroatoms. The maximum atomic E-state index is 14.0. The van der Waals surface area contributed by atoms with E-state index in [1.165, 1.54) is 0 Å². The van der Waals surface area contributed by atoms with Crippen LogP contribution < -0.4 is 10.6 Å². The Labute approximate surface area is 217 Å². The molecule has 204 valence electrons. The van der Waals surface area contributed by atoms with E-state index in [0.29, 0.717) is 37.1 Å². The Balaban J connectivity index is 3.43. The number of hydrogen-bond acceptors (Lipinski definition) is 5. The van der Waals surface area contributed by atoms with Crippen molar-refractivity contribution in [3.8, 4) is 5.75 Å². The Morgan fingerprint density at radius 2 is 1.75 bits per heavy atom. The highest BCUT2D eigenvalue weighted by Gasteiger charge is 2.37. The zero-order valence-corrected chi connectivity index (χ0v) is 23.4. The number of ether oxygens (including phenoxy) is 1. The average molecular weight is 506 g/mol. The number of rotatable bonds is 13. The van der Waals surface area contributed by atoms with Gasteiger partial charge in [-0.25, -0.2) is 4.79 Å². The van der Waals surface area contributed by atoms with Crippen LogP contribution in [0.3, 0.4) is 0 Å². The molecule has 0 aromatic heterocycles. The Morgan fingerprint density at radius 1 is 1.08 bits per heavy atom. The lowest BCUT2D eigenvalue weighted by Gasteiger charge is -2.36. The van der Waals surface area contributed by atoms with E-state index in [1.54, 1.807) is 50.8 Å². The van der Waals surface area contributed by atoms with E-state index >= 15 is 0 Å². The summed E-state index contributed by atoms with van der Waals surface area (Å²) in [4.78, 5) is 41.7. The lowest BCUT2D eigenvalue weighted by molar-refractivity contribution is -0.143. The van der Waals surface area contributed by atoms with Gasteiger partial charge in [0.15, 0.2) is 0 Å². The van der Waals surface area contributed by atoms with Gasteiger partial charge >= 0.3 is 6.09 Å². The van der Waals surface area contributed by atoms with E-state index in [2.05, 4.69) is 17.6 Å². The molecule has 0 aliphatic rings. The van der Waals surface area contributed by atoms with E-state index in [-0.39, 0.29) is 23.5 Å². The van der Waals surface area contributed by atoms with Crippen molar-refractivity contribution < 1.29 is 24.2 Å². The van der Waals surface area contributed by atoms with Gasteiger partial charge in [-0.15, -0.1) is 0 Å². The third-order valence-electron chi connectivity index (χ3n) is 6.08. The minimum atomic E-state index is -0.898. The predicted molar refractivity (Wildman–Crippen MR) is 143 cm³/mol. The number of carbonyl (C=O) groups excluding carboxylic acids is 3. The Kier molecular flexibility index (Phi) is 12.8. The van der Waals surface area contributed by atoms with Crippen LogP contribution in [0, 0.1) is 12.8 Å². The summed E-state index contributed by atoms with van der Waals surface area (Å²) < 4.78 is 5.42. The normalized spacial score (nSPS) is 13.9. The van der Waals surface area contributed by atoms with Gasteiger partial charge in [0.05, 0.1) is 0 Å². The summed E-state index contributed by atoms with van der Waals surface area (Å²) in [7, 11) is 0. The monoisotopic (exact) mass is 505 g/mol. The fourth-order valence-corrected chi connectivity index (χ4v) is 3.91. The predicted octanol–water partition coefficient (Wildman–Crippen LogP) is 5.23. The minimum Gasteiger partial charge on any atom is -0.508 e. The van der Waals surface area contributed by atoms with E-state index < -0.39 is 23.8 Å². The van der Waals surface area contributed by atoms with E-state index in [4.69, 9.17) is 4.74 Å². The van der Waals surface area contributed by atoms with Crippen LogP contribution >= 0.6 is 0 Å². The summed E-state index contributed by atoms with van der Waals surface area (Å²) >= 11 is 0. The summed E-state index contributed by atoms with van der Waals surface area (Å²) in [6, 6.07) is 3.20. The van der Waals surface area contributed by atoms with Gasteiger partial charge in [-0.1, -0.05) is 53.0 Å². The van der Waals surface area contributed by atoms with Crippen molar-refractivity contribution >= 4 is 17.9 Å². The highest BCUT2D eigenvalue weighted by molar-refractivity contribution is 5.92. The number of phenols is 1. The van der Waals surface area contributed by atoms with Gasteiger partial charge in [-0.2, -0.15) is 0 Å². The van der Waals surface area contributed by atoms with Crippen LogP contribution in [0.4, 0.5) is 4.79 Å². The third kappa shape index (κ3) is 9.70. The number of aromatic hydroxyl groups is 1. The molecule has 0 saturated heterocycles. The number of aryl methyl sites for hydroxylation is 1. The SMILES string of the molecule is CCCCCNC(=O)C(c1ccc(O)c(C)c1)N(CCC)C(=O)C(NC(=O)OC(C)(C)C)C(C)CC. The van der Waals surface area contributed by atoms with Crippen molar-refractivity contribution in [2.24, 2.45) is 5.92 Å². The number of hydrogen-bond donors (Lipinski definition) is 3. The zero-order chi connectivity index (χ0) is 27.5. The summed E-state index contributed by atoms with van der Waals surface area (Å²) in [5.41, 5.74) is 0.520. The van der Waals surface area contributed by atoms with Crippen molar-refractivity contribution in [2.45, 2.75) is 105 Å². The van der Waals surface area contributed by atoms with Crippen molar-refractivity contribution in [1.29, 1.82) is 0 Å². The summed E-state index contributed by atoms with van der Waals surface area (Å²) in [6.45, 7) is 15.8. The highest BCUT2D eigenvalue weighted by Crippen LogP contribution is 2.28. The number of benzene rings is 1. The molecule has 1 aromatic carbocycles. The van der Waals surface area contributed by atoms with Gasteiger partial charge < -0.3 is 25.4 Å². The minimum absolute atomic E-state index is 0.123. The van der Waals surface area contributed by atoms with Gasteiger partial charge in [-0.05, 0) is 69.7 Å². The van der Waals surface area contributed by atoms with Crippen molar-refractivity contribution in [3.63, 3.8) is 0 Å². The molecule has 36 heavy (non-hydrogen) atoms. The maximum absolute atomic E-state index is 14.0. The number of amides is 3. The number of unbranched alkanes of at least 4 members (excludes halogenated alkanes) is 2. The molecule has 1 rings (SSSR count). The second kappa shape index (κ2) is 14.7. The van der Waals surface area contributed by atoms with E-state index in [1.807, 2.05) is 20.8 Å². The lowest BCUT2D eigenvalue weighted by atomic mass is 9.95. The summed E-state index contributed by atoms with van der Waals surface area (Å²) in [6.07, 6.45) is 3.49. The number of nitrogens with zero attached hydrogens (tertiary/aromatic N) is 1. The molecule has 0 aliphatic heterocycles. The molecule has 0 heterocycles. The molecule has 0 saturated carbocycles. The molecule has 3 amide bonds. The number of alkyl carbamates (subject to hydrolysis) is 1. The fraction of sp³-hybridized carbons (Fsp3) is 0.679. The van der Waals surface area contributed by atoms with E-state index in [0.717, 1.165) is 19.3 Å². The Bertz CT molecular complexity index is 865. The molecular weight excluding hydrogens is 458 g/mol. The molecule has 3 atom stereocenters. The maximum Gasteiger partial charge on any atom is 0.408 e. The molecule has 0 bridgehead atoms. The van der Waals surface area contributed by atoms with Gasteiger partial charge in [0.1, 0.15) is 23.4 Å². The van der Waals surface area contributed by atoms with Crippen LogP contribution in [0.2, 0.25) is 0 Å². The summed E-state index contributed by atoms with van der Waals surface area (Å²) in [5.74, 6) is -0.674. The molecule has 3 N–H and O–H groups in total. The Morgan fingerprint density at radius 3 is 2.28 bits per heavy atom. The molecule has 8 nitrogen and oxygen atoms in total. The first kappa shape index (κ1) is 31.3. The van der Waals surface area contributed by atoms with Crippen LogP contribution in [0.25, 0.3) is 0 Å². The Hall–Kier alpha value is -2.77. The number of nitrogens with one attached hydrogen (secondary N) is 2. The first-order valence-corrected chi connectivity index (χ1v) is 13.2. The molecule has 0 spiro atoms. The van der Waals surface area contributed by atoms with Crippen molar-refractivity contribution in [3.05, 3.63) is 29.3 Å². The lowest BCUT2D eigenvalue weighted by Crippen LogP contribution is -2.55. The molecular formula is C28H47N3O5.